The highest BCUT2D eigenvalue weighted by molar-refractivity contribution is 5.13. The fourth-order valence-electron chi connectivity index (χ4n) is 1.68. The zero-order valence-corrected chi connectivity index (χ0v) is 11.0. The van der Waals surface area contributed by atoms with E-state index in [-0.39, 0.29) is 12.5 Å². The molecule has 1 aromatic rings. The highest BCUT2D eigenvalue weighted by atomic mass is 16.5. The Labute approximate surface area is 109 Å². The molecule has 1 rings (SSSR count). The number of aliphatic hydroxyl groups is 2. The summed E-state index contributed by atoms with van der Waals surface area (Å²) in [7, 11) is 0. The van der Waals surface area contributed by atoms with Crippen LogP contribution in [-0.4, -0.2) is 29.0 Å². The van der Waals surface area contributed by atoms with Crippen molar-refractivity contribution in [3.05, 3.63) is 48.0 Å². The number of hydrogen-bond donors (Lipinski definition) is 2. The first-order chi connectivity index (χ1) is 8.52. The molecule has 0 spiro atoms. The van der Waals surface area contributed by atoms with Gasteiger partial charge in [-0.2, -0.15) is 0 Å². The summed E-state index contributed by atoms with van der Waals surface area (Å²) in [6.07, 6.45) is -1.39. The minimum atomic E-state index is -0.694. The van der Waals surface area contributed by atoms with Crippen LogP contribution in [-0.2, 0) is 11.3 Å². The number of hydrogen-bond acceptors (Lipinski definition) is 3. The molecule has 0 unspecified atom stereocenters. The normalized spacial score (nSPS) is 16.0. The molecule has 3 heteroatoms. The maximum Gasteiger partial charge on any atom is 0.0827 e. The van der Waals surface area contributed by atoms with Gasteiger partial charge >= 0.3 is 0 Å². The van der Waals surface area contributed by atoms with Gasteiger partial charge in [0.2, 0.25) is 0 Å². The topological polar surface area (TPSA) is 49.7 Å². The summed E-state index contributed by atoms with van der Waals surface area (Å²) in [5.41, 5.74) is 1.72. The van der Waals surface area contributed by atoms with Crippen LogP contribution in [0.1, 0.15) is 19.4 Å². The first-order valence-electron chi connectivity index (χ1n) is 6.15. The summed E-state index contributed by atoms with van der Waals surface area (Å²) < 4.78 is 5.44. The third kappa shape index (κ3) is 4.61. The fraction of sp³-hybridized carbons (Fsp3) is 0.467. The summed E-state index contributed by atoms with van der Waals surface area (Å²) >= 11 is 0. The third-order valence-corrected chi connectivity index (χ3v) is 3.01. The predicted octanol–water partition coefficient (Wildman–Crippen LogP) is 2.14. The van der Waals surface area contributed by atoms with Crippen LogP contribution in [0.15, 0.2) is 42.5 Å². The molecule has 3 atom stereocenters. The molecule has 0 bridgehead atoms. The van der Waals surface area contributed by atoms with Crippen molar-refractivity contribution in [2.45, 2.75) is 32.7 Å². The molecule has 0 saturated carbocycles. The number of ether oxygens (including phenoxy) is 1. The van der Waals surface area contributed by atoms with Crippen LogP contribution >= 0.6 is 0 Å². The average molecular weight is 250 g/mol. The van der Waals surface area contributed by atoms with E-state index < -0.39 is 12.2 Å². The summed E-state index contributed by atoms with van der Waals surface area (Å²) in [5, 5.41) is 19.7. The molecule has 1 aromatic carbocycles. The van der Waals surface area contributed by atoms with Crippen LogP contribution in [0.25, 0.3) is 0 Å². The molecular weight excluding hydrogens is 228 g/mol. The van der Waals surface area contributed by atoms with Gasteiger partial charge in [-0.05, 0) is 12.5 Å². The van der Waals surface area contributed by atoms with E-state index in [0.29, 0.717) is 12.2 Å². The Bertz CT molecular complexity index is 361. The van der Waals surface area contributed by atoms with E-state index in [0.717, 1.165) is 5.56 Å². The van der Waals surface area contributed by atoms with Crippen LogP contribution in [0.5, 0.6) is 0 Å². The van der Waals surface area contributed by atoms with Crippen LogP contribution < -0.4 is 0 Å². The molecule has 0 radical (unpaired) electrons. The predicted molar refractivity (Wildman–Crippen MR) is 72.1 cm³/mol. The first-order valence-corrected chi connectivity index (χ1v) is 6.15. The monoisotopic (exact) mass is 250 g/mol. The third-order valence-electron chi connectivity index (χ3n) is 3.01. The number of rotatable bonds is 7. The van der Waals surface area contributed by atoms with Gasteiger partial charge in [-0.3, -0.25) is 0 Å². The zero-order valence-electron chi connectivity index (χ0n) is 11.0. The van der Waals surface area contributed by atoms with Gasteiger partial charge in [-0.15, -0.1) is 0 Å². The lowest BCUT2D eigenvalue weighted by molar-refractivity contribution is -0.0267. The van der Waals surface area contributed by atoms with Crippen molar-refractivity contribution in [1.82, 2.24) is 0 Å². The Kier molecular flexibility index (Phi) is 6.05. The zero-order chi connectivity index (χ0) is 13.5. The summed E-state index contributed by atoms with van der Waals surface area (Å²) in [6.45, 7) is 7.90. The summed E-state index contributed by atoms with van der Waals surface area (Å²) in [6, 6.07) is 9.78. The molecule has 18 heavy (non-hydrogen) atoms. The maximum absolute atomic E-state index is 9.89. The van der Waals surface area contributed by atoms with Crippen LogP contribution in [0, 0.1) is 5.92 Å². The van der Waals surface area contributed by atoms with E-state index in [1.807, 2.05) is 30.3 Å². The molecule has 2 N–H and O–H groups in total. The molecule has 0 aliphatic carbocycles. The lowest BCUT2D eigenvalue weighted by atomic mass is 9.94. The van der Waals surface area contributed by atoms with Crippen molar-refractivity contribution < 1.29 is 14.9 Å². The van der Waals surface area contributed by atoms with E-state index in [2.05, 4.69) is 6.58 Å². The average Bonchev–Trinajstić information content (AvgIpc) is 2.38. The molecule has 0 saturated heterocycles. The summed E-state index contributed by atoms with van der Waals surface area (Å²) in [4.78, 5) is 0. The highest BCUT2D eigenvalue weighted by Crippen LogP contribution is 2.15. The van der Waals surface area contributed by atoms with Gasteiger partial charge in [0.15, 0.2) is 0 Å². The molecule has 0 fully saturated rings. The SMILES string of the molecule is C=C(C)[C@@H](O)[C@H](C)[C@@H](O)COCc1ccccc1. The van der Waals surface area contributed by atoms with Crippen molar-refractivity contribution >= 4 is 0 Å². The van der Waals surface area contributed by atoms with E-state index in [1.54, 1.807) is 13.8 Å². The molecule has 0 aliphatic heterocycles. The van der Waals surface area contributed by atoms with Gasteiger partial charge in [0.05, 0.1) is 25.4 Å². The minimum absolute atomic E-state index is 0.209. The van der Waals surface area contributed by atoms with Gasteiger partial charge in [-0.25, -0.2) is 0 Å². The lowest BCUT2D eigenvalue weighted by Gasteiger charge is -2.24. The molecule has 0 amide bonds. The van der Waals surface area contributed by atoms with Gasteiger partial charge in [0.25, 0.3) is 0 Å². The molecular formula is C15H22O3. The molecule has 0 aromatic heterocycles. The van der Waals surface area contributed by atoms with Gasteiger partial charge in [-0.1, -0.05) is 49.4 Å². The smallest absolute Gasteiger partial charge is 0.0827 e. The first kappa shape index (κ1) is 14.9. The van der Waals surface area contributed by atoms with Crippen LogP contribution in [0.3, 0.4) is 0 Å². The van der Waals surface area contributed by atoms with Gasteiger partial charge in [0.1, 0.15) is 0 Å². The van der Waals surface area contributed by atoms with Crippen LogP contribution in [0.2, 0.25) is 0 Å². The second-order valence-electron chi connectivity index (χ2n) is 4.72. The Morgan fingerprint density at radius 3 is 2.44 bits per heavy atom. The Morgan fingerprint density at radius 2 is 1.89 bits per heavy atom. The van der Waals surface area contributed by atoms with E-state index in [4.69, 9.17) is 4.74 Å². The quantitative estimate of drug-likeness (QED) is 0.729. The molecule has 0 aliphatic rings. The molecule has 100 valence electrons. The van der Waals surface area contributed by atoms with Crippen molar-refractivity contribution in [1.29, 1.82) is 0 Å². The second-order valence-corrected chi connectivity index (χ2v) is 4.72. The van der Waals surface area contributed by atoms with Crippen LogP contribution in [0.4, 0.5) is 0 Å². The fourth-order valence-corrected chi connectivity index (χ4v) is 1.68. The Balaban J connectivity index is 2.33. The standard InChI is InChI=1S/C15H22O3/c1-11(2)15(17)12(3)14(16)10-18-9-13-7-5-4-6-8-13/h4-8,12,14-17H,1,9-10H2,2-3H3/t12-,14+,15-/m1/s1. The Morgan fingerprint density at radius 1 is 1.28 bits per heavy atom. The van der Waals surface area contributed by atoms with Crippen molar-refractivity contribution in [3.63, 3.8) is 0 Å². The lowest BCUT2D eigenvalue weighted by Crippen LogP contribution is -2.33. The molecule has 0 heterocycles. The highest BCUT2D eigenvalue weighted by Gasteiger charge is 2.22. The van der Waals surface area contributed by atoms with Crippen molar-refractivity contribution in [2.24, 2.45) is 5.92 Å². The summed E-state index contributed by atoms with van der Waals surface area (Å²) in [5.74, 6) is -0.279. The van der Waals surface area contributed by atoms with Crippen molar-refractivity contribution in [2.75, 3.05) is 6.61 Å². The van der Waals surface area contributed by atoms with Crippen molar-refractivity contribution in [3.8, 4) is 0 Å². The minimum Gasteiger partial charge on any atom is -0.390 e. The largest absolute Gasteiger partial charge is 0.390 e. The van der Waals surface area contributed by atoms with E-state index in [1.165, 1.54) is 0 Å². The number of benzene rings is 1. The number of aliphatic hydroxyl groups excluding tert-OH is 2. The maximum atomic E-state index is 9.89. The van der Waals surface area contributed by atoms with E-state index >= 15 is 0 Å². The van der Waals surface area contributed by atoms with Gasteiger partial charge in [0, 0.05) is 5.92 Å². The Hall–Kier alpha value is -1.16. The van der Waals surface area contributed by atoms with E-state index in [9.17, 15) is 10.2 Å². The second kappa shape index (κ2) is 7.31. The van der Waals surface area contributed by atoms with Gasteiger partial charge < -0.3 is 14.9 Å². The molecule has 3 nitrogen and oxygen atoms in total.